The molecule has 180 valence electrons. The average molecular weight is 494 g/mol. The largest absolute Gasteiger partial charge is 0.322 e. The molecule has 1 aliphatic rings. The minimum Gasteiger partial charge on any atom is -0.322 e. The zero-order valence-corrected chi connectivity index (χ0v) is 20.8. The van der Waals surface area contributed by atoms with Crippen LogP contribution in [0.15, 0.2) is 47.4 Å². The van der Waals surface area contributed by atoms with Gasteiger partial charge in [0.1, 0.15) is 0 Å². The van der Waals surface area contributed by atoms with Gasteiger partial charge in [-0.05, 0) is 75.1 Å². The Morgan fingerprint density at radius 2 is 1.70 bits per heavy atom. The summed E-state index contributed by atoms with van der Waals surface area (Å²) in [5.74, 6) is -0.406. The molecule has 0 spiro atoms. The highest BCUT2D eigenvalue weighted by Gasteiger charge is 2.31. The third kappa shape index (κ3) is 5.93. The number of anilines is 2. The summed E-state index contributed by atoms with van der Waals surface area (Å²) in [7, 11) is -7.07. The minimum atomic E-state index is -3.61. The maximum absolute atomic E-state index is 13.0. The second-order valence-corrected chi connectivity index (χ2v) is 12.1. The van der Waals surface area contributed by atoms with E-state index in [1.165, 1.54) is 28.6 Å². The Bertz CT molecular complexity index is 1210. The van der Waals surface area contributed by atoms with Gasteiger partial charge in [0, 0.05) is 23.8 Å². The summed E-state index contributed by atoms with van der Waals surface area (Å²) in [6.45, 7) is 5.92. The van der Waals surface area contributed by atoms with Crippen LogP contribution in [-0.2, 0) is 20.0 Å². The van der Waals surface area contributed by atoms with E-state index in [0.717, 1.165) is 19.3 Å². The fourth-order valence-corrected chi connectivity index (χ4v) is 6.80. The zero-order valence-electron chi connectivity index (χ0n) is 19.2. The van der Waals surface area contributed by atoms with E-state index < -0.39 is 26.0 Å². The van der Waals surface area contributed by atoms with Gasteiger partial charge in [-0.15, -0.1) is 0 Å². The van der Waals surface area contributed by atoms with Gasteiger partial charge in [-0.1, -0.05) is 19.4 Å². The summed E-state index contributed by atoms with van der Waals surface area (Å²) in [5, 5.41) is 2.78. The van der Waals surface area contributed by atoms with Crippen LogP contribution in [0.25, 0.3) is 0 Å². The second-order valence-electron chi connectivity index (χ2n) is 8.34. The number of benzene rings is 2. The van der Waals surface area contributed by atoms with Gasteiger partial charge in [0.15, 0.2) is 0 Å². The number of rotatable bonds is 8. The van der Waals surface area contributed by atoms with E-state index >= 15 is 0 Å². The monoisotopic (exact) mass is 493 g/mol. The maximum atomic E-state index is 13.0. The van der Waals surface area contributed by atoms with Gasteiger partial charge < -0.3 is 5.32 Å². The van der Waals surface area contributed by atoms with Gasteiger partial charge >= 0.3 is 0 Å². The van der Waals surface area contributed by atoms with Crippen LogP contribution in [0.4, 0.5) is 11.4 Å². The van der Waals surface area contributed by atoms with Crippen molar-refractivity contribution in [2.24, 2.45) is 0 Å². The average Bonchev–Trinajstić information content (AvgIpc) is 2.76. The zero-order chi connectivity index (χ0) is 24.2. The van der Waals surface area contributed by atoms with E-state index in [0.29, 0.717) is 35.5 Å². The van der Waals surface area contributed by atoms with E-state index in [2.05, 4.69) is 10.0 Å². The third-order valence-corrected chi connectivity index (χ3v) is 9.29. The Labute approximate surface area is 196 Å². The van der Waals surface area contributed by atoms with Crippen molar-refractivity contribution >= 4 is 37.3 Å². The highest BCUT2D eigenvalue weighted by molar-refractivity contribution is 7.92. The molecular weight excluding hydrogens is 462 g/mol. The molecule has 1 unspecified atom stereocenters. The van der Waals surface area contributed by atoms with Crippen molar-refractivity contribution in [3.05, 3.63) is 53.6 Å². The van der Waals surface area contributed by atoms with Crippen LogP contribution in [0, 0.1) is 6.92 Å². The summed E-state index contributed by atoms with van der Waals surface area (Å²) >= 11 is 0. The van der Waals surface area contributed by atoms with Crippen LogP contribution >= 0.6 is 0 Å². The lowest BCUT2D eigenvalue weighted by atomic mass is 10.1. The van der Waals surface area contributed by atoms with Gasteiger partial charge in [-0.2, -0.15) is 4.31 Å². The lowest BCUT2D eigenvalue weighted by Gasteiger charge is -2.32. The smallest absolute Gasteiger partial charge is 0.255 e. The Hall–Kier alpha value is -2.43. The van der Waals surface area contributed by atoms with Gasteiger partial charge in [0.25, 0.3) is 5.91 Å². The number of nitrogens with zero attached hydrogens (tertiary/aromatic N) is 1. The van der Waals surface area contributed by atoms with Gasteiger partial charge in [0.2, 0.25) is 20.0 Å². The first-order valence-corrected chi connectivity index (χ1v) is 14.2. The van der Waals surface area contributed by atoms with E-state index in [-0.39, 0.29) is 16.7 Å². The summed E-state index contributed by atoms with van der Waals surface area (Å²) in [6, 6.07) is 10.8. The molecule has 1 aliphatic heterocycles. The Morgan fingerprint density at radius 1 is 1.03 bits per heavy atom. The quantitative estimate of drug-likeness (QED) is 0.578. The molecule has 0 saturated carbocycles. The predicted octanol–water partition coefficient (Wildman–Crippen LogP) is 3.96. The number of amides is 1. The van der Waals surface area contributed by atoms with Crippen molar-refractivity contribution in [2.75, 3.05) is 22.3 Å². The molecule has 0 aromatic heterocycles. The second kappa shape index (κ2) is 10.2. The Kier molecular flexibility index (Phi) is 7.81. The Morgan fingerprint density at radius 3 is 2.33 bits per heavy atom. The third-order valence-electron chi connectivity index (χ3n) is 5.79. The summed E-state index contributed by atoms with van der Waals surface area (Å²) < 4.78 is 54.2. The first-order chi connectivity index (χ1) is 15.5. The normalized spacial score (nSPS) is 17.5. The van der Waals surface area contributed by atoms with Crippen molar-refractivity contribution < 1.29 is 21.6 Å². The van der Waals surface area contributed by atoms with E-state index in [4.69, 9.17) is 0 Å². The minimum absolute atomic E-state index is 0.00842. The van der Waals surface area contributed by atoms with Crippen LogP contribution in [-0.4, -0.2) is 45.4 Å². The van der Waals surface area contributed by atoms with Gasteiger partial charge in [-0.25, -0.2) is 16.8 Å². The predicted molar refractivity (Wildman–Crippen MR) is 130 cm³/mol. The van der Waals surface area contributed by atoms with Crippen molar-refractivity contribution in [3.8, 4) is 0 Å². The number of carbonyl (C=O) groups is 1. The molecule has 0 aliphatic carbocycles. The molecule has 0 bridgehead atoms. The van der Waals surface area contributed by atoms with Crippen LogP contribution in [0.2, 0.25) is 0 Å². The van der Waals surface area contributed by atoms with E-state index in [1.54, 1.807) is 32.0 Å². The molecule has 1 atom stereocenters. The van der Waals surface area contributed by atoms with Crippen molar-refractivity contribution in [3.63, 3.8) is 0 Å². The van der Waals surface area contributed by atoms with E-state index in [1.807, 2.05) is 6.92 Å². The first-order valence-electron chi connectivity index (χ1n) is 11.1. The van der Waals surface area contributed by atoms with Crippen LogP contribution < -0.4 is 10.0 Å². The van der Waals surface area contributed by atoms with Gasteiger partial charge in [0.05, 0.1) is 16.3 Å². The van der Waals surface area contributed by atoms with Crippen LogP contribution in [0.1, 0.15) is 55.5 Å². The molecule has 8 nitrogen and oxygen atoms in total. The molecule has 0 radical (unpaired) electrons. The van der Waals surface area contributed by atoms with Crippen molar-refractivity contribution in [1.82, 2.24) is 4.31 Å². The molecule has 2 aromatic carbocycles. The molecule has 10 heteroatoms. The molecule has 2 N–H and O–H groups in total. The standard InChI is InChI=1S/C23H31N3O5S2/c1-4-16-32(28,29)25-22-10-7-9-21(18(22)3)24-23(27)19-11-13-20(14-12-19)33(30,31)26-15-6-5-8-17(26)2/h7,9-14,17,25H,4-6,8,15-16H2,1-3H3,(H,24,27). The summed E-state index contributed by atoms with van der Waals surface area (Å²) in [5.41, 5.74) is 1.76. The van der Waals surface area contributed by atoms with Crippen LogP contribution in [0.5, 0.6) is 0 Å². The molecule has 2 aromatic rings. The Balaban J connectivity index is 1.76. The molecule has 1 saturated heterocycles. The molecular formula is C23H31N3O5S2. The number of nitrogens with one attached hydrogen (secondary N) is 2. The fraction of sp³-hybridized carbons (Fsp3) is 0.435. The molecule has 3 rings (SSSR count). The lowest BCUT2D eigenvalue weighted by Crippen LogP contribution is -2.41. The topological polar surface area (TPSA) is 113 Å². The highest BCUT2D eigenvalue weighted by Crippen LogP contribution is 2.27. The summed E-state index contributed by atoms with van der Waals surface area (Å²) in [6.07, 6.45) is 3.20. The lowest BCUT2D eigenvalue weighted by molar-refractivity contribution is 0.102. The van der Waals surface area contributed by atoms with E-state index in [9.17, 15) is 21.6 Å². The number of carbonyl (C=O) groups excluding carboxylic acids is 1. The van der Waals surface area contributed by atoms with Gasteiger partial charge in [-0.3, -0.25) is 9.52 Å². The highest BCUT2D eigenvalue weighted by atomic mass is 32.2. The summed E-state index contributed by atoms with van der Waals surface area (Å²) in [4.78, 5) is 12.9. The van der Waals surface area contributed by atoms with Crippen molar-refractivity contribution in [1.29, 1.82) is 0 Å². The molecule has 1 fully saturated rings. The molecule has 1 heterocycles. The molecule has 1 amide bonds. The number of hydrogen-bond donors (Lipinski definition) is 2. The maximum Gasteiger partial charge on any atom is 0.255 e. The number of hydrogen-bond acceptors (Lipinski definition) is 5. The SMILES string of the molecule is CCCS(=O)(=O)Nc1cccc(NC(=O)c2ccc(S(=O)(=O)N3CCCCC3C)cc2)c1C. The molecule has 33 heavy (non-hydrogen) atoms. The first kappa shape index (κ1) is 25.2. The number of sulfonamides is 2. The fourth-order valence-electron chi connectivity index (χ4n) is 3.91. The van der Waals surface area contributed by atoms with Crippen molar-refractivity contribution in [2.45, 2.75) is 57.4 Å². The number of piperidine rings is 1. The van der Waals surface area contributed by atoms with Crippen LogP contribution in [0.3, 0.4) is 0 Å².